The third-order valence-corrected chi connectivity index (χ3v) is 3.05. The largest absolute Gasteiger partial charge is 0.459 e. The van der Waals surface area contributed by atoms with Crippen LogP contribution in [0, 0.1) is 6.92 Å². The topological polar surface area (TPSA) is 87.9 Å². The Kier molecular flexibility index (Phi) is 9.54. The predicted molar refractivity (Wildman–Crippen MR) is 90.9 cm³/mol. The van der Waals surface area contributed by atoms with Gasteiger partial charge in [-0.15, -0.1) is 0 Å². The molecule has 1 heterocycles. The van der Waals surface area contributed by atoms with Gasteiger partial charge in [0.05, 0.1) is 12.9 Å². The number of aryl methyl sites for hydroxylation is 1. The SMILES string of the molecule is CCNC(=NCCCNC(=O)c1occc1C)NCCOCC. The van der Waals surface area contributed by atoms with Crippen molar-refractivity contribution in [3.05, 3.63) is 23.7 Å². The van der Waals surface area contributed by atoms with Gasteiger partial charge in [0.25, 0.3) is 5.91 Å². The highest BCUT2D eigenvalue weighted by molar-refractivity contribution is 5.92. The van der Waals surface area contributed by atoms with Crippen molar-refractivity contribution in [2.24, 2.45) is 4.99 Å². The van der Waals surface area contributed by atoms with E-state index in [-0.39, 0.29) is 5.91 Å². The fourth-order valence-electron chi connectivity index (χ4n) is 1.89. The van der Waals surface area contributed by atoms with Gasteiger partial charge >= 0.3 is 0 Å². The van der Waals surface area contributed by atoms with Crippen LogP contribution >= 0.6 is 0 Å². The smallest absolute Gasteiger partial charge is 0.287 e. The fourth-order valence-corrected chi connectivity index (χ4v) is 1.89. The van der Waals surface area contributed by atoms with Crippen LogP contribution in [0.3, 0.4) is 0 Å². The van der Waals surface area contributed by atoms with Crippen LogP contribution < -0.4 is 16.0 Å². The summed E-state index contributed by atoms with van der Waals surface area (Å²) in [5.74, 6) is 0.957. The Morgan fingerprint density at radius 1 is 1.26 bits per heavy atom. The van der Waals surface area contributed by atoms with E-state index in [1.165, 1.54) is 6.26 Å². The zero-order chi connectivity index (χ0) is 16.9. The van der Waals surface area contributed by atoms with Crippen molar-refractivity contribution in [3.8, 4) is 0 Å². The van der Waals surface area contributed by atoms with Gasteiger partial charge in [-0.3, -0.25) is 9.79 Å². The van der Waals surface area contributed by atoms with Crippen LogP contribution in [-0.4, -0.2) is 51.3 Å². The number of rotatable bonds is 10. The molecule has 7 nitrogen and oxygen atoms in total. The van der Waals surface area contributed by atoms with E-state index in [0.29, 0.717) is 38.6 Å². The Hall–Kier alpha value is -2.02. The van der Waals surface area contributed by atoms with Crippen LogP contribution in [0.1, 0.15) is 36.4 Å². The maximum absolute atomic E-state index is 11.8. The molecule has 0 atom stereocenters. The molecule has 0 aliphatic rings. The van der Waals surface area contributed by atoms with Crippen LogP contribution in [0.25, 0.3) is 0 Å². The summed E-state index contributed by atoms with van der Waals surface area (Å²) >= 11 is 0. The van der Waals surface area contributed by atoms with Crippen molar-refractivity contribution in [2.45, 2.75) is 27.2 Å². The van der Waals surface area contributed by atoms with Gasteiger partial charge in [0.15, 0.2) is 11.7 Å². The van der Waals surface area contributed by atoms with Gasteiger partial charge in [0, 0.05) is 38.3 Å². The molecule has 130 valence electrons. The lowest BCUT2D eigenvalue weighted by Crippen LogP contribution is -2.39. The van der Waals surface area contributed by atoms with Gasteiger partial charge in [0.1, 0.15) is 0 Å². The van der Waals surface area contributed by atoms with E-state index in [0.717, 1.165) is 24.5 Å². The Bertz CT molecular complexity index is 485. The number of hydrogen-bond acceptors (Lipinski definition) is 4. The highest BCUT2D eigenvalue weighted by atomic mass is 16.5. The van der Waals surface area contributed by atoms with Crippen LogP contribution in [0.15, 0.2) is 21.7 Å². The average Bonchev–Trinajstić information content (AvgIpc) is 2.97. The molecule has 1 aromatic heterocycles. The quantitative estimate of drug-likeness (QED) is 0.343. The summed E-state index contributed by atoms with van der Waals surface area (Å²) in [6.45, 7) is 9.90. The standard InChI is InChI=1S/C16H28N4O3/c1-4-17-16(20-10-12-22-5-2)19-9-6-8-18-15(21)14-13(3)7-11-23-14/h7,11H,4-6,8-10,12H2,1-3H3,(H,18,21)(H2,17,19,20). The number of nitrogens with one attached hydrogen (secondary N) is 3. The number of amides is 1. The fraction of sp³-hybridized carbons (Fsp3) is 0.625. The number of guanidine groups is 1. The minimum absolute atomic E-state index is 0.182. The van der Waals surface area contributed by atoms with Gasteiger partial charge in [-0.25, -0.2) is 0 Å². The molecule has 0 saturated heterocycles. The molecule has 1 amide bonds. The van der Waals surface area contributed by atoms with Gasteiger partial charge in [-0.05, 0) is 33.3 Å². The summed E-state index contributed by atoms with van der Waals surface area (Å²) in [7, 11) is 0. The van der Waals surface area contributed by atoms with Crippen LogP contribution in [0.4, 0.5) is 0 Å². The molecule has 0 saturated carbocycles. The second-order valence-corrected chi connectivity index (χ2v) is 4.93. The first kappa shape index (κ1) is 19.0. The minimum atomic E-state index is -0.182. The first-order valence-electron chi connectivity index (χ1n) is 8.11. The molecule has 0 aromatic carbocycles. The van der Waals surface area contributed by atoms with Crippen LogP contribution in [0.2, 0.25) is 0 Å². The number of nitrogens with zero attached hydrogens (tertiary/aromatic N) is 1. The minimum Gasteiger partial charge on any atom is -0.459 e. The number of ether oxygens (including phenoxy) is 1. The third kappa shape index (κ3) is 7.69. The van der Waals surface area contributed by atoms with Crippen molar-refractivity contribution in [3.63, 3.8) is 0 Å². The number of furan rings is 1. The molecule has 0 bridgehead atoms. The van der Waals surface area contributed by atoms with Crippen molar-refractivity contribution in [1.29, 1.82) is 0 Å². The van der Waals surface area contributed by atoms with E-state index in [2.05, 4.69) is 20.9 Å². The van der Waals surface area contributed by atoms with E-state index in [1.54, 1.807) is 6.07 Å². The highest BCUT2D eigenvalue weighted by Gasteiger charge is 2.11. The third-order valence-electron chi connectivity index (χ3n) is 3.05. The Morgan fingerprint density at radius 3 is 2.74 bits per heavy atom. The molecule has 7 heteroatoms. The molecule has 0 radical (unpaired) electrons. The van der Waals surface area contributed by atoms with E-state index >= 15 is 0 Å². The maximum Gasteiger partial charge on any atom is 0.287 e. The molecule has 1 aromatic rings. The lowest BCUT2D eigenvalue weighted by atomic mass is 10.2. The number of hydrogen-bond donors (Lipinski definition) is 3. The van der Waals surface area contributed by atoms with Crippen molar-refractivity contribution in [2.75, 3.05) is 39.4 Å². The van der Waals surface area contributed by atoms with Crippen LogP contribution in [0.5, 0.6) is 0 Å². The van der Waals surface area contributed by atoms with E-state index < -0.39 is 0 Å². The summed E-state index contributed by atoms with van der Waals surface area (Å²) in [4.78, 5) is 16.3. The second-order valence-electron chi connectivity index (χ2n) is 4.93. The molecule has 23 heavy (non-hydrogen) atoms. The monoisotopic (exact) mass is 324 g/mol. The summed E-state index contributed by atoms with van der Waals surface area (Å²) < 4.78 is 10.4. The molecular formula is C16H28N4O3. The zero-order valence-electron chi connectivity index (χ0n) is 14.3. The summed E-state index contributed by atoms with van der Waals surface area (Å²) in [6, 6.07) is 1.77. The summed E-state index contributed by atoms with van der Waals surface area (Å²) in [5.41, 5.74) is 0.841. The normalized spacial score (nSPS) is 11.3. The first-order valence-corrected chi connectivity index (χ1v) is 8.11. The molecular weight excluding hydrogens is 296 g/mol. The van der Waals surface area contributed by atoms with Crippen molar-refractivity contribution < 1.29 is 13.9 Å². The Balaban J connectivity index is 2.23. The van der Waals surface area contributed by atoms with Gasteiger partial charge in [0.2, 0.25) is 0 Å². The Labute approximate surface area is 137 Å². The number of carbonyl (C=O) groups excluding carboxylic acids is 1. The van der Waals surface area contributed by atoms with E-state index in [1.807, 2.05) is 20.8 Å². The lowest BCUT2D eigenvalue weighted by Gasteiger charge is -2.11. The average molecular weight is 324 g/mol. The second kappa shape index (κ2) is 11.5. The first-order chi connectivity index (χ1) is 11.2. The molecule has 3 N–H and O–H groups in total. The van der Waals surface area contributed by atoms with Crippen LogP contribution in [-0.2, 0) is 4.74 Å². The van der Waals surface area contributed by atoms with Gasteiger partial charge in [-0.2, -0.15) is 0 Å². The molecule has 0 aliphatic carbocycles. The summed E-state index contributed by atoms with van der Waals surface area (Å²) in [5, 5.41) is 9.20. The summed E-state index contributed by atoms with van der Waals surface area (Å²) in [6.07, 6.45) is 2.28. The predicted octanol–water partition coefficient (Wildman–Crippen LogP) is 1.30. The zero-order valence-corrected chi connectivity index (χ0v) is 14.3. The number of aliphatic imine (C=N–C) groups is 1. The molecule has 0 aliphatic heterocycles. The number of carbonyl (C=O) groups is 1. The lowest BCUT2D eigenvalue weighted by molar-refractivity contribution is 0.0925. The van der Waals surface area contributed by atoms with Crippen molar-refractivity contribution >= 4 is 11.9 Å². The van der Waals surface area contributed by atoms with E-state index in [4.69, 9.17) is 9.15 Å². The van der Waals surface area contributed by atoms with Gasteiger partial charge < -0.3 is 25.1 Å². The molecule has 0 spiro atoms. The molecule has 1 rings (SSSR count). The van der Waals surface area contributed by atoms with Gasteiger partial charge in [-0.1, -0.05) is 0 Å². The van der Waals surface area contributed by atoms with E-state index in [9.17, 15) is 4.79 Å². The highest BCUT2D eigenvalue weighted by Crippen LogP contribution is 2.07. The molecule has 0 fully saturated rings. The maximum atomic E-state index is 11.8. The Morgan fingerprint density at radius 2 is 2.09 bits per heavy atom. The molecule has 0 unspecified atom stereocenters. The van der Waals surface area contributed by atoms with Crippen molar-refractivity contribution in [1.82, 2.24) is 16.0 Å².